The maximum absolute atomic E-state index is 12.6. The van der Waals surface area contributed by atoms with Crippen LogP contribution in [0.4, 0.5) is 5.69 Å². The molecule has 0 aliphatic rings. The molecule has 1 aromatic heterocycles. The molecular formula is C18H27N5O. The minimum atomic E-state index is -0.0686. The Balaban J connectivity index is 2.06. The van der Waals surface area contributed by atoms with Crippen molar-refractivity contribution in [1.29, 1.82) is 0 Å². The minimum absolute atomic E-state index is 0.0372. The second kappa shape index (κ2) is 7.95. The van der Waals surface area contributed by atoms with Crippen LogP contribution in [0, 0.1) is 12.8 Å². The summed E-state index contributed by atoms with van der Waals surface area (Å²) in [5.41, 5.74) is 2.67. The van der Waals surface area contributed by atoms with E-state index in [1.165, 1.54) is 6.33 Å². The molecule has 24 heavy (non-hydrogen) atoms. The number of carbonyl (C=O) groups is 1. The van der Waals surface area contributed by atoms with Gasteiger partial charge in [-0.15, -0.1) is 0 Å². The van der Waals surface area contributed by atoms with Crippen molar-refractivity contribution >= 4 is 11.6 Å². The third-order valence-electron chi connectivity index (χ3n) is 4.27. The molecule has 2 aromatic rings. The molecule has 0 spiro atoms. The minimum Gasteiger partial charge on any atom is -0.382 e. The van der Waals surface area contributed by atoms with Crippen LogP contribution in [0.25, 0.3) is 0 Å². The number of hydrogen-bond acceptors (Lipinski definition) is 4. The third-order valence-corrected chi connectivity index (χ3v) is 4.27. The van der Waals surface area contributed by atoms with Gasteiger partial charge in [-0.2, -0.15) is 5.10 Å². The van der Waals surface area contributed by atoms with Crippen molar-refractivity contribution in [2.45, 2.75) is 53.2 Å². The van der Waals surface area contributed by atoms with Gasteiger partial charge < -0.3 is 10.6 Å². The van der Waals surface area contributed by atoms with Crippen molar-refractivity contribution in [2.75, 3.05) is 5.32 Å². The van der Waals surface area contributed by atoms with E-state index in [9.17, 15) is 4.79 Å². The largest absolute Gasteiger partial charge is 0.382 e. The molecule has 0 radical (unpaired) electrons. The van der Waals surface area contributed by atoms with E-state index in [2.05, 4.69) is 41.5 Å². The molecule has 0 aliphatic carbocycles. The van der Waals surface area contributed by atoms with Gasteiger partial charge in [0, 0.05) is 23.3 Å². The summed E-state index contributed by atoms with van der Waals surface area (Å²) in [5, 5.41) is 10.6. The Kier molecular flexibility index (Phi) is 5.95. The highest BCUT2D eigenvalue weighted by Crippen LogP contribution is 2.21. The van der Waals surface area contributed by atoms with E-state index in [4.69, 9.17) is 0 Å². The average Bonchev–Trinajstić information content (AvgIpc) is 3.01. The molecule has 0 fully saturated rings. The van der Waals surface area contributed by atoms with Gasteiger partial charge in [0.15, 0.2) is 0 Å². The molecule has 1 heterocycles. The Morgan fingerprint density at radius 1 is 1.25 bits per heavy atom. The number of benzene rings is 1. The predicted octanol–water partition coefficient (Wildman–Crippen LogP) is 2.86. The smallest absolute Gasteiger partial charge is 0.251 e. The molecule has 2 atom stereocenters. The first-order chi connectivity index (χ1) is 11.4. The molecule has 6 heteroatoms. The van der Waals surface area contributed by atoms with Gasteiger partial charge in [-0.1, -0.05) is 19.9 Å². The van der Waals surface area contributed by atoms with Crippen LogP contribution in [0.5, 0.6) is 0 Å². The monoisotopic (exact) mass is 329 g/mol. The first-order valence-electron chi connectivity index (χ1n) is 8.38. The van der Waals surface area contributed by atoms with Crippen LogP contribution in [0.1, 0.15) is 43.6 Å². The van der Waals surface area contributed by atoms with Crippen molar-refractivity contribution in [2.24, 2.45) is 5.92 Å². The fraction of sp³-hybridized carbons (Fsp3) is 0.500. The molecule has 0 bridgehead atoms. The van der Waals surface area contributed by atoms with Gasteiger partial charge in [0.1, 0.15) is 12.7 Å². The lowest BCUT2D eigenvalue weighted by Crippen LogP contribution is -2.36. The van der Waals surface area contributed by atoms with Crippen molar-refractivity contribution in [1.82, 2.24) is 20.1 Å². The third kappa shape index (κ3) is 4.57. The Labute approximate surface area is 143 Å². The molecule has 130 valence electrons. The lowest BCUT2D eigenvalue weighted by atomic mass is 10.0. The van der Waals surface area contributed by atoms with Gasteiger partial charge in [0.25, 0.3) is 5.91 Å². The molecule has 6 nitrogen and oxygen atoms in total. The topological polar surface area (TPSA) is 71.8 Å². The SMILES string of the molecule is Cc1c(N[C@@H](C)C(C)C)cccc1C(=O)N[C@H](C)Cn1cncn1. The second-order valence-corrected chi connectivity index (χ2v) is 6.65. The van der Waals surface area contributed by atoms with Crippen LogP contribution < -0.4 is 10.6 Å². The Bertz CT molecular complexity index is 666. The molecule has 0 saturated carbocycles. The molecule has 0 unspecified atom stereocenters. The highest BCUT2D eigenvalue weighted by atomic mass is 16.1. The van der Waals surface area contributed by atoms with E-state index in [1.54, 1.807) is 11.0 Å². The van der Waals surface area contributed by atoms with Crippen molar-refractivity contribution < 1.29 is 4.79 Å². The van der Waals surface area contributed by atoms with Crippen molar-refractivity contribution in [3.05, 3.63) is 42.0 Å². The molecule has 0 aliphatic heterocycles. The number of rotatable bonds is 7. The van der Waals surface area contributed by atoms with E-state index in [0.29, 0.717) is 24.1 Å². The highest BCUT2D eigenvalue weighted by molar-refractivity contribution is 5.97. The van der Waals surface area contributed by atoms with Crippen LogP contribution in [0.3, 0.4) is 0 Å². The zero-order valence-electron chi connectivity index (χ0n) is 15.1. The molecular weight excluding hydrogens is 302 g/mol. The lowest BCUT2D eigenvalue weighted by Gasteiger charge is -2.22. The number of hydrogen-bond donors (Lipinski definition) is 2. The summed E-state index contributed by atoms with van der Waals surface area (Å²) in [5.74, 6) is 0.450. The summed E-state index contributed by atoms with van der Waals surface area (Å²) in [7, 11) is 0. The zero-order chi connectivity index (χ0) is 17.7. The summed E-state index contributed by atoms with van der Waals surface area (Å²) in [4.78, 5) is 16.5. The standard InChI is InChI=1S/C18H27N5O/c1-12(2)15(5)22-17-8-6-7-16(14(17)4)18(24)21-13(3)9-23-11-19-10-20-23/h6-8,10-13,15,22H,9H2,1-5H3,(H,21,24)/t13-,15+/m1/s1. The summed E-state index contributed by atoms with van der Waals surface area (Å²) >= 11 is 0. The zero-order valence-corrected chi connectivity index (χ0v) is 15.1. The summed E-state index contributed by atoms with van der Waals surface area (Å²) < 4.78 is 1.71. The number of aromatic nitrogens is 3. The fourth-order valence-corrected chi connectivity index (χ4v) is 2.40. The molecule has 0 saturated heterocycles. The van der Waals surface area contributed by atoms with Gasteiger partial charge in [-0.25, -0.2) is 4.98 Å². The molecule has 1 aromatic carbocycles. The summed E-state index contributed by atoms with van der Waals surface area (Å²) in [6, 6.07) is 6.10. The van der Waals surface area contributed by atoms with Crippen LogP contribution in [-0.2, 0) is 6.54 Å². The Morgan fingerprint density at radius 2 is 2.00 bits per heavy atom. The van der Waals surface area contributed by atoms with Crippen LogP contribution in [-0.4, -0.2) is 32.8 Å². The van der Waals surface area contributed by atoms with Crippen molar-refractivity contribution in [3.63, 3.8) is 0 Å². The normalized spacial score (nSPS) is 13.6. The van der Waals surface area contributed by atoms with E-state index >= 15 is 0 Å². The van der Waals surface area contributed by atoms with Crippen LogP contribution >= 0.6 is 0 Å². The quantitative estimate of drug-likeness (QED) is 0.819. The summed E-state index contributed by atoms with van der Waals surface area (Å²) in [6.45, 7) is 11.0. The molecule has 1 amide bonds. The average molecular weight is 329 g/mol. The van der Waals surface area contributed by atoms with Gasteiger partial charge in [0.2, 0.25) is 0 Å². The maximum atomic E-state index is 12.6. The fourth-order valence-electron chi connectivity index (χ4n) is 2.40. The van der Waals surface area contributed by atoms with E-state index in [1.807, 2.05) is 32.0 Å². The van der Waals surface area contributed by atoms with Crippen LogP contribution in [0.15, 0.2) is 30.9 Å². The van der Waals surface area contributed by atoms with Crippen molar-refractivity contribution in [3.8, 4) is 0 Å². The van der Waals surface area contributed by atoms with Gasteiger partial charge in [-0.05, 0) is 44.4 Å². The number of amides is 1. The summed E-state index contributed by atoms with van der Waals surface area (Å²) in [6.07, 6.45) is 3.13. The van der Waals surface area contributed by atoms with Gasteiger partial charge in [-0.3, -0.25) is 9.48 Å². The first-order valence-corrected chi connectivity index (χ1v) is 8.38. The van der Waals surface area contributed by atoms with Crippen LogP contribution in [0.2, 0.25) is 0 Å². The number of nitrogens with zero attached hydrogens (tertiary/aromatic N) is 3. The Morgan fingerprint density at radius 3 is 2.62 bits per heavy atom. The highest BCUT2D eigenvalue weighted by Gasteiger charge is 2.16. The second-order valence-electron chi connectivity index (χ2n) is 6.65. The van der Waals surface area contributed by atoms with Gasteiger partial charge in [0.05, 0.1) is 6.54 Å². The number of anilines is 1. The van der Waals surface area contributed by atoms with E-state index in [-0.39, 0.29) is 11.9 Å². The van der Waals surface area contributed by atoms with E-state index < -0.39 is 0 Å². The van der Waals surface area contributed by atoms with E-state index in [0.717, 1.165) is 11.3 Å². The predicted molar refractivity (Wildman–Crippen MR) is 96.1 cm³/mol. The lowest BCUT2D eigenvalue weighted by molar-refractivity contribution is 0.0935. The molecule has 2 rings (SSSR count). The van der Waals surface area contributed by atoms with Gasteiger partial charge >= 0.3 is 0 Å². The number of nitrogens with one attached hydrogen (secondary N) is 2. The number of carbonyl (C=O) groups excluding carboxylic acids is 1. The first kappa shape index (κ1) is 18.0. The Hall–Kier alpha value is -2.37. The molecule has 2 N–H and O–H groups in total. The maximum Gasteiger partial charge on any atom is 0.251 e.